The summed E-state index contributed by atoms with van der Waals surface area (Å²) in [5.41, 5.74) is -0.0253. The molecule has 0 aromatic carbocycles. The maximum atomic E-state index is 12.1. The Kier molecular flexibility index (Phi) is 2.78. The number of hydrogen-bond donors (Lipinski definition) is 1. The lowest BCUT2D eigenvalue weighted by molar-refractivity contribution is 0.457. The molecule has 100 valence electrons. The lowest BCUT2D eigenvalue weighted by atomic mass is 10.0. The predicted molar refractivity (Wildman–Crippen MR) is 72.1 cm³/mol. The summed E-state index contributed by atoms with van der Waals surface area (Å²) in [5.74, 6) is 0.323. The minimum absolute atomic E-state index is 0.135. The fourth-order valence-electron chi connectivity index (χ4n) is 2.78. The van der Waals surface area contributed by atoms with Crippen molar-refractivity contribution in [3.8, 4) is 0 Å². The van der Waals surface area contributed by atoms with Gasteiger partial charge in [0.05, 0.1) is 0 Å². The summed E-state index contributed by atoms with van der Waals surface area (Å²) < 4.78 is 1.27. The van der Waals surface area contributed by atoms with E-state index in [9.17, 15) is 9.59 Å². The van der Waals surface area contributed by atoms with Crippen LogP contribution < -0.4 is 11.2 Å². The van der Waals surface area contributed by atoms with Crippen LogP contribution in [0.4, 0.5) is 0 Å². The molecule has 1 N–H and O–H groups in total. The van der Waals surface area contributed by atoms with Gasteiger partial charge in [-0.1, -0.05) is 39.3 Å². The first-order chi connectivity index (χ1) is 8.10. The van der Waals surface area contributed by atoms with E-state index in [0.29, 0.717) is 18.0 Å². The van der Waals surface area contributed by atoms with Crippen LogP contribution in [-0.2, 0) is 6.54 Å². The van der Waals surface area contributed by atoms with Crippen molar-refractivity contribution in [3.63, 3.8) is 0 Å². The van der Waals surface area contributed by atoms with Crippen molar-refractivity contribution < 1.29 is 0 Å². The van der Waals surface area contributed by atoms with Crippen LogP contribution in [0.15, 0.2) is 9.59 Å². The van der Waals surface area contributed by atoms with Crippen LogP contribution in [0.1, 0.15) is 33.3 Å². The van der Waals surface area contributed by atoms with Crippen LogP contribution in [0.3, 0.4) is 0 Å². The number of nitrogens with one attached hydrogen (secondary N) is 1. The number of aromatic nitrogens is 2. The zero-order chi connectivity index (χ0) is 13.9. The second-order valence-electron chi connectivity index (χ2n) is 6.28. The maximum absolute atomic E-state index is 12.1. The van der Waals surface area contributed by atoms with Gasteiger partial charge in [0.2, 0.25) is 0 Å². The fourth-order valence-corrected chi connectivity index (χ4v) is 2.94. The highest BCUT2D eigenvalue weighted by atomic mass is 35.5. The molecule has 1 aliphatic carbocycles. The number of halogens is 1. The molecule has 5 heteroatoms. The summed E-state index contributed by atoms with van der Waals surface area (Å²) in [6.07, 6.45) is 0. The SMILES string of the molecule is Cc1c(Cl)[nH]c(=O)n(CC2C(C)(C)C2(C)C)c1=O. The number of H-pyrrole nitrogens is 1. The molecule has 1 aromatic rings. The van der Waals surface area contributed by atoms with Gasteiger partial charge in [-0.05, 0) is 23.7 Å². The first-order valence-electron chi connectivity index (χ1n) is 6.10. The molecule has 0 radical (unpaired) electrons. The molecule has 0 spiro atoms. The van der Waals surface area contributed by atoms with Gasteiger partial charge < -0.3 is 0 Å². The van der Waals surface area contributed by atoms with Gasteiger partial charge >= 0.3 is 5.69 Å². The third kappa shape index (κ3) is 1.66. The van der Waals surface area contributed by atoms with E-state index in [0.717, 1.165) is 0 Å². The van der Waals surface area contributed by atoms with E-state index in [4.69, 9.17) is 11.6 Å². The highest BCUT2D eigenvalue weighted by Crippen LogP contribution is 2.68. The minimum Gasteiger partial charge on any atom is -0.297 e. The van der Waals surface area contributed by atoms with Crippen molar-refractivity contribution in [3.05, 3.63) is 31.6 Å². The summed E-state index contributed by atoms with van der Waals surface area (Å²) in [4.78, 5) is 26.4. The summed E-state index contributed by atoms with van der Waals surface area (Å²) in [7, 11) is 0. The molecule has 0 bridgehead atoms. The Morgan fingerprint density at radius 3 is 2.17 bits per heavy atom. The molecular weight excluding hydrogens is 252 g/mol. The molecule has 1 heterocycles. The molecule has 0 aliphatic heterocycles. The molecule has 0 amide bonds. The lowest BCUT2D eigenvalue weighted by Gasteiger charge is -2.07. The molecule has 0 atom stereocenters. The van der Waals surface area contributed by atoms with E-state index in [2.05, 4.69) is 32.7 Å². The van der Waals surface area contributed by atoms with Gasteiger partial charge in [0.25, 0.3) is 5.56 Å². The maximum Gasteiger partial charge on any atom is 0.329 e. The number of aromatic amines is 1. The fraction of sp³-hybridized carbons (Fsp3) is 0.692. The van der Waals surface area contributed by atoms with Gasteiger partial charge in [-0.3, -0.25) is 14.3 Å². The van der Waals surface area contributed by atoms with E-state index in [1.807, 2.05) is 0 Å². The van der Waals surface area contributed by atoms with Crippen LogP contribution in [0.5, 0.6) is 0 Å². The van der Waals surface area contributed by atoms with Gasteiger partial charge in [0.15, 0.2) is 0 Å². The van der Waals surface area contributed by atoms with E-state index >= 15 is 0 Å². The van der Waals surface area contributed by atoms with E-state index in [-0.39, 0.29) is 21.5 Å². The molecule has 2 rings (SSSR count). The van der Waals surface area contributed by atoms with Gasteiger partial charge in [-0.15, -0.1) is 0 Å². The van der Waals surface area contributed by atoms with Crippen molar-refractivity contribution in [2.24, 2.45) is 16.7 Å². The highest BCUT2D eigenvalue weighted by molar-refractivity contribution is 6.30. The lowest BCUT2D eigenvalue weighted by Crippen LogP contribution is -2.37. The summed E-state index contributed by atoms with van der Waals surface area (Å²) >= 11 is 5.79. The Balaban J connectivity index is 2.42. The van der Waals surface area contributed by atoms with Crippen LogP contribution >= 0.6 is 11.6 Å². The van der Waals surface area contributed by atoms with E-state index in [1.54, 1.807) is 6.92 Å². The third-order valence-electron chi connectivity index (χ3n) is 5.04. The first kappa shape index (κ1) is 13.4. The molecule has 1 aliphatic rings. The zero-order valence-corrected chi connectivity index (χ0v) is 12.2. The average molecular weight is 271 g/mol. The second kappa shape index (κ2) is 3.73. The number of nitrogens with zero attached hydrogens (tertiary/aromatic N) is 1. The van der Waals surface area contributed by atoms with Crippen molar-refractivity contribution in [2.45, 2.75) is 41.2 Å². The van der Waals surface area contributed by atoms with Gasteiger partial charge in [-0.25, -0.2) is 4.79 Å². The van der Waals surface area contributed by atoms with Crippen molar-refractivity contribution in [1.82, 2.24) is 9.55 Å². The standard InChI is InChI=1S/C13H19ClN2O2/c1-7-9(14)15-11(18)16(10(7)17)6-8-12(2,3)13(8,4)5/h8H,6H2,1-5H3,(H,15,18). The Hall–Kier alpha value is -1.03. The summed E-state index contributed by atoms with van der Waals surface area (Å²) in [6, 6.07) is 0. The zero-order valence-electron chi connectivity index (χ0n) is 11.4. The topological polar surface area (TPSA) is 54.9 Å². The van der Waals surface area contributed by atoms with E-state index < -0.39 is 5.69 Å². The Labute approximate surface area is 111 Å². The molecule has 1 saturated carbocycles. The minimum atomic E-state index is -0.422. The molecule has 0 saturated heterocycles. The number of hydrogen-bond acceptors (Lipinski definition) is 2. The number of rotatable bonds is 2. The van der Waals surface area contributed by atoms with E-state index in [1.165, 1.54) is 4.57 Å². The molecular formula is C13H19ClN2O2. The van der Waals surface area contributed by atoms with Crippen LogP contribution in [0, 0.1) is 23.7 Å². The van der Waals surface area contributed by atoms with Crippen LogP contribution in [0.2, 0.25) is 5.15 Å². The summed E-state index contributed by atoms with van der Waals surface area (Å²) in [5, 5.41) is 0.135. The Bertz CT molecular complexity index is 596. The predicted octanol–water partition coefficient (Wildman–Crippen LogP) is 2.18. The molecule has 0 unspecified atom stereocenters. The largest absolute Gasteiger partial charge is 0.329 e. The van der Waals surface area contributed by atoms with Crippen LogP contribution in [-0.4, -0.2) is 9.55 Å². The van der Waals surface area contributed by atoms with Crippen molar-refractivity contribution in [2.75, 3.05) is 0 Å². The molecule has 18 heavy (non-hydrogen) atoms. The second-order valence-corrected chi connectivity index (χ2v) is 6.66. The molecule has 4 nitrogen and oxygen atoms in total. The molecule has 1 aromatic heterocycles. The third-order valence-corrected chi connectivity index (χ3v) is 5.42. The monoisotopic (exact) mass is 270 g/mol. The van der Waals surface area contributed by atoms with Crippen LogP contribution in [0.25, 0.3) is 0 Å². The Morgan fingerprint density at radius 1 is 1.22 bits per heavy atom. The summed E-state index contributed by atoms with van der Waals surface area (Å²) in [6.45, 7) is 10.7. The van der Waals surface area contributed by atoms with Crippen molar-refractivity contribution in [1.29, 1.82) is 0 Å². The average Bonchev–Trinajstić information content (AvgIpc) is 2.62. The molecule has 1 fully saturated rings. The van der Waals surface area contributed by atoms with Crippen molar-refractivity contribution >= 4 is 11.6 Å². The Morgan fingerprint density at radius 2 is 1.72 bits per heavy atom. The highest BCUT2D eigenvalue weighted by Gasteiger charge is 2.64. The van der Waals surface area contributed by atoms with Gasteiger partial charge in [0, 0.05) is 12.1 Å². The van der Waals surface area contributed by atoms with Gasteiger partial charge in [0.1, 0.15) is 5.15 Å². The smallest absolute Gasteiger partial charge is 0.297 e. The normalized spacial score (nSPS) is 21.0. The quantitative estimate of drug-likeness (QED) is 0.838. The first-order valence-corrected chi connectivity index (χ1v) is 6.47. The van der Waals surface area contributed by atoms with Gasteiger partial charge in [-0.2, -0.15) is 0 Å².